The molecule has 1 aromatic heterocycles. The first-order valence-electron chi connectivity index (χ1n) is 5.08. The van der Waals surface area contributed by atoms with Gasteiger partial charge in [-0.1, -0.05) is 0 Å². The van der Waals surface area contributed by atoms with Gasteiger partial charge in [0.25, 0.3) is 11.7 Å². The second-order valence-corrected chi connectivity index (χ2v) is 3.47. The Hall–Kier alpha value is -1.50. The van der Waals surface area contributed by atoms with Crippen molar-refractivity contribution in [1.29, 1.82) is 0 Å². The van der Waals surface area contributed by atoms with Crippen molar-refractivity contribution in [3.05, 3.63) is 5.82 Å². The maximum Gasteiger partial charge on any atom is 0.295 e. The summed E-state index contributed by atoms with van der Waals surface area (Å²) in [6.07, 6.45) is 0.984. The molecule has 15 heavy (non-hydrogen) atoms. The van der Waals surface area contributed by atoms with Crippen LogP contribution in [0.25, 0.3) is 0 Å². The van der Waals surface area contributed by atoms with Crippen LogP contribution in [-0.2, 0) is 0 Å². The van der Waals surface area contributed by atoms with E-state index in [0.717, 1.165) is 19.5 Å². The minimum Gasteiger partial charge on any atom is -0.332 e. The average molecular weight is 210 g/mol. The van der Waals surface area contributed by atoms with E-state index in [0.29, 0.717) is 6.54 Å². The number of aromatic nitrogens is 4. The number of carbonyl (C=O) groups excluding carboxylic acids is 1. The Morgan fingerprint density at radius 3 is 3.07 bits per heavy atom. The van der Waals surface area contributed by atoms with E-state index < -0.39 is 0 Å². The maximum atomic E-state index is 11.9. The topological polar surface area (TPSA) is 86.8 Å². The summed E-state index contributed by atoms with van der Waals surface area (Å²) < 4.78 is 0. The SMILES string of the molecule is CCN(C(=O)c1nn[nH]n1)C1CCNC1. The van der Waals surface area contributed by atoms with Gasteiger partial charge in [-0.05, 0) is 25.1 Å². The molecule has 0 spiro atoms. The number of aromatic amines is 1. The highest BCUT2D eigenvalue weighted by atomic mass is 16.2. The molecule has 1 unspecified atom stereocenters. The zero-order valence-electron chi connectivity index (χ0n) is 8.60. The van der Waals surface area contributed by atoms with Crippen LogP contribution in [0.3, 0.4) is 0 Å². The Labute approximate surface area is 87.2 Å². The standard InChI is InChI=1S/C8H14N6O/c1-2-14(6-3-4-9-5-6)8(15)7-10-12-13-11-7/h6,9H,2-5H2,1H3,(H,10,11,12,13). The Morgan fingerprint density at radius 2 is 2.53 bits per heavy atom. The number of nitrogens with zero attached hydrogens (tertiary/aromatic N) is 4. The van der Waals surface area contributed by atoms with Crippen molar-refractivity contribution in [2.75, 3.05) is 19.6 Å². The number of hydrogen-bond acceptors (Lipinski definition) is 5. The molecule has 7 nitrogen and oxygen atoms in total. The zero-order chi connectivity index (χ0) is 10.7. The summed E-state index contributed by atoms with van der Waals surface area (Å²) in [6.45, 7) is 4.42. The van der Waals surface area contributed by atoms with Gasteiger partial charge in [-0.25, -0.2) is 0 Å². The van der Waals surface area contributed by atoms with Gasteiger partial charge in [-0.3, -0.25) is 4.79 Å². The van der Waals surface area contributed by atoms with Gasteiger partial charge in [0, 0.05) is 19.1 Å². The van der Waals surface area contributed by atoms with Gasteiger partial charge in [0.05, 0.1) is 0 Å². The number of carbonyl (C=O) groups is 1. The van der Waals surface area contributed by atoms with Gasteiger partial charge in [0.15, 0.2) is 0 Å². The number of amides is 1. The number of hydrogen-bond donors (Lipinski definition) is 2. The molecular formula is C8H14N6O. The predicted octanol–water partition coefficient (Wildman–Crippen LogP) is -0.976. The third kappa shape index (κ3) is 1.96. The van der Waals surface area contributed by atoms with E-state index >= 15 is 0 Å². The lowest BCUT2D eigenvalue weighted by Gasteiger charge is -2.25. The summed E-state index contributed by atoms with van der Waals surface area (Å²) in [4.78, 5) is 13.7. The van der Waals surface area contributed by atoms with Gasteiger partial charge in [-0.2, -0.15) is 5.21 Å². The van der Waals surface area contributed by atoms with Crippen LogP contribution in [0.2, 0.25) is 0 Å². The second kappa shape index (κ2) is 4.35. The number of nitrogens with one attached hydrogen (secondary N) is 2. The summed E-state index contributed by atoms with van der Waals surface area (Å²) in [6, 6.07) is 0.251. The minimum atomic E-state index is -0.153. The molecule has 1 aromatic rings. The molecule has 82 valence electrons. The van der Waals surface area contributed by atoms with Crippen LogP contribution in [0.4, 0.5) is 0 Å². The lowest BCUT2D eigenvalue weighted by molar-refractivity contribution is 0.0691. The molecule has 2 rings (SSSR count). The van der Waals surface area contributed by atoms with E-state index in [-0.39, 0.29) is 17.8 Å². The third-order valence-corrected chi connectivity index (χ3v) is 2.61. The third-order valence-electron chi connectivity index (χ3n) is 2.61. The fourth-order valence-corrected chi connectivity index (χ4v) is 1.85. The molecule has 1 aliphatic rings. The first-order valence-corrected chi connectivity index (χ1v) is 5.08. The first-order chi connectivity index (χ1) is 7.33. The predicted molar refractivity (Wildman–Crippen MR) is 52.2 cm³/mol. The van der Waals surface area contributed by atoms with E-state index in [1.165, 1.54) is 0 Å². The molecule has 0 bridgehead atoms. The van der Waals surface area contributed by atoms with Crippen LogP contribution in [0.15, 0.2) is 0 Å². The Morgan fingerprint density at radius 1 is 1.67 bits per heavy atom. The molecule has 2 heterocycles. The van der Waals surface area contributed by atoms with Crippen LogP contribution in [0.5, 0.6) is 0 Å². The summed E-state index contributed by atoms with van der Waals surface area (Å²) >= 11 is 0. The van der Waals surface area contributed by atoms with E-state index in [9.17, 15) is 4.79 Å². The van der Waals surface area contributed by atoms with Crippen LogP contribution in [-0.4, -0.2) is 57.1 Å². The molecule has 1 aliphatic heterocycles. The lowest BCUT2D eigenvalue weighted by Crippen LogP contribution is -2.41. The fraction of sp³-hybridized carbons (Fsp3) is 0.750. The molecule has 2 N–H and O–H groups in total. The van der Waals surface area contributed by atoms with Crippen LogP contribution in [0.1, 0.15) is 24.0 Å². The van der Waals surface area contributed by atoms with E-state index in [2.05, 4.69) is 25.9 Å². The van der Waals surface area contributed by atoms with Gasteiger partial charge in [-0.15, -0.1) is 10.2 Å². The highest BCUT2D eigenvalue weighted by Crippen LogP contribution is 2.10. The molecule has 1 atom stereocenters. The number of rotatable bonds is 3. The van der Waals surface area contributed by atoms with E-state index in [1.807, 2.05) is 6.92 Å². The molecule has 0 aliphatic carbocycles. The highest BCUT2D eigenvalue weighted by Gasteiger charge is 2.27. The fourth-order valence-electron chi connectivity index (χ4n) is 1.85. The highest BCUT2D eigenvalue weighted by molar-refractivity contribution is 5.90. The summed E-state index contributed by atoms with van der Waals surface area (Å²) in [5.74, 6) is -0.0105. The van der Waals surface area contributed by atoms with Crippen molar-refractivity contribution in [3.8, 4) is 0 Å². The van der Waals surface area contributed by atoms with Crippen molar-refractivity contribution in [2.45, 2.75) is 19.4 Å². The van der Waals surface area contributed by atoms with Gasteiger partial charge in [0.1, 0.15) is 0 Å². The summed E-state index contributed by atoms with van der Waals surface area (Å²) in [5, 5.41) is 16.3. The maximum absolute atomic E-state index is 11.9. The van der Waals surface area contributed by atoms with E-state index in [1.54, 1.807) is 4.90 Å². The van der Waals surface area contributed by atoms with Gasteiger partial charge < -0.3 is 10.2 Å². The summed E-state index contributed by atoms with van der Waals surface area (Å²) in [5.41, 5.74) is 0. The molecule has 7 heteroatoms. The van der Waals surface area contributed by atoms with Crippen molar-refractivity contribution in [1.82, 2.24) is 30.8 Å². The van der Waals surface area contributed by atoms with Crippen LogP contribution in [0, 0.1) is 0 Å². The Bertz CT molecular complexity index is 318. The molecule has 1 fully saturated rings. The molecular weight excluding hydrogens is 196 g/mol. The average Bonchev–Trinajstić information content (AvgIpc) is 2.91. The van der Waals surface area contributed by atoms with Gasteiger partial charge >= 0.3 is 0 Å². The monoisotopic (exact) mass is 210 g/mol. The van der Waals surface area contributed by atoms with E-state index in [4.69, 9.17) is 0 Å². The quantitative estimate of drug-likeness (QED) is 0.670. The molecule has 1 amide bonds. The van der Waals surface area contributed by atoms with Crippen molar-refractivity contribution >= 4 is 5.91 Å². The van der Waals surface area contributed by atoms with Crippen LogP contribution >= 0.6 is 0 Å². The van der Waals surface area contributed by atoms with Crippen LogP contribution < -0.4 is 5.32 Å². The largest absolute Gasteiger partial charge is 0.332 e. The smallest absolute Gasteiger partial charge is 0.295 e. The normalized spacial score (nSPS) is 20.5. The number of tetrazole rings is 1. The van der Waals surface area contributed by atoms with Gasteiger partial charge in [0.2, 0.25) is 0 Å². The lowest BCUT2D eigenvalue weighted by atomic mass is 10.2. The molecule has 0 radical (unpaired) electrons. The Balaban J connectivity index is 2.09. The second-order valence-electron chi connectivity index (χ2n) is 3.47. The molecule has 0 saturated carbocycles. The van der Waals surface area contributed by atoms with Crippen molar-refractivity contribution in [2.24, 2.45) is 0 Å². The molecule has 0 aromatic carbocycles. The number of likely N-dealkylation sites (N-methyl/N-ethyl adjacent to an activating group) is 1. The first kappa shape index (κ1) is 10.0. The summed E-state index contributed by atoms with van der Waals surface area (Å²) in [7, 11) is 0. The van der Waals surface area contributed by atoms with Crippen molar-refractivity contribution in [3.63, 3.8) is 0 Å². The Kier molecular flexibility index (Phi) is 2.91. The van der Waals surface area contributed by atoms with Crippen molar-refractivity contribution < 1.29 is 4.79 Å². The minimum absolute atomic E-state index is 0.142. The number of H-pyrrole nitrogens is 1. The molecule has 1 saturated heterocycles. The zero-order valence-corrected chi connectivity index (χ0v) is 8.60.